The van der Waals surface area contributed by atoms with Crippen LogP contribution in [0.25, 0.3) is 6.08 Å². The van der Waals surface area contributed by atoms with Gasteiger partial charge in [0.25, 0.3) is 0 Å². The van der Waals surface area contributed by atoms with Crippen LogP contribution in [0.4, 0.5) is 13.2 Å². The average Bonchev–Trinajstić information content (AvgIpc) is 2.60. The molecule has 1 aliphatic heterocycles. The smallest absolute Gasteiger partial charge is 0.355 e. The van der Waals surface area contributed by atoms with Gasteiger partial charge in [-0.25, -0.2) is 0 Å². The minimum Gasteiger partial charge on any atom is -0.355 e. The van der Waals surface area contributed by atoms with Gasteiger partial charge in [0.05, 0.1) is 12.1 Å². The largest absolute Gasteiger partial charge is 0.416 e. The minimum absolute atomic E-state index is 0.0329. The molecular weight excluding hydrogens is 347 g/mol. The van der Waals surface area contributed by atoms with E-state index in [0.717, 1.165) is 12.1 Å². The number of piperazine rings is 1. The van der Waals surface area contributed by atoms with E-state index >= 15 is 0 Å². The van der Waals surface area contributed by atoms with Gasteiger partial charge >= 0.3 is 6.18 Å². The lowest BCUT2D eigenvalue weighted by Gasteiger charge is -2.33. The first-order chi connectivity index (χ1) is 12.3. The van der Waals surface area contributed by atoms with Crippen LogP contribution in [0.3, 0.4) is 0 Å². The highest BCUT2D eigenvalue weighted by Gasteiger charge is 2.29. The van der Waals surface area contributed by atoms with Gasteiger partial charge < -0.3 is 10.2 Å². The first kappa shape index (κ1) is 20.0. The molecule has 0 bridgehead atoms. The van der Waals surface area contributed by atoms with Crippen LogP contribution in [-0.4, -0.2) is 60.9 Å². The molecule has 1 heterocycles. The third-order valence-corrected chi connectivity index (χ3v) is 4.08. The summed E-state index contributed by atoms with van der Waals surface area (Å²) in [6, 6.07) is 4.64. The van der Waals surface area contributed by atoms with Crippen LogP contribution in [-0.2, 0) is 15.8 Å². The lowest BCUT2D eigenvalue weighted by Crippen LogP contribution is -2.50. The van der Waals surface area contributed by atoms with Crippen LogP contribution in [0.15, 0.2) is 30.3 Å². The molecule has 1 aromatic rings. The Morgan fingerprint density at radius 1 is 1.12 bits per heavy atom. The van der Waals surface area contributed by atoms with Crippen molar-refractivity contribution in [2.75, 3.05) is 39.3 Å². The van der Waals surface area contributed by atoms with Crippen molar-refractivity contribution in [1.29, 1.82) is 0 Å². The highest BCUT2D eigenvalue weighted by atomic mass is 19.4. The normalized spacial score (nSPS) is 16.1. The molecule has 1 aromatic carbocycles. The number of nitrogens with zero attached hydrogens (tertiary/aromatic N) is 2. The van der Waals surface area contributed by atoms with Crippen LogP contribution < -0.4 is 5.32 Å². The zero-order valence-corrected chi connectivity index (χ0v) is 14.6. The second kappa shape index (κ2) is 8.84. The second-order valence-electron chi connectivity index (χ2n) is 6.01. The maximum absolute atomic E-state index is 12.5. The van der Waals surface area contributed by atoms with E-state index in [4.69, 9.17) is 0 Å². The average molecular weight is 369 g/mol. The molecule has 0 saturated carbocycles. The number of halogens is 3. The number of hydrogen-bond acceptors (Lipinski definition) is 3. The lowest BCUT2D eigenvalue weighted by atomic mass is 10.1. The number of carbonyl (C=O) groups is 2. The predicted molar refractivity (Wildman–Crippen MR) is 92.2 cm³/mol. The number of carbonyl (C=O) groups excluding carboxylic acids is 2. The van der Waals surface area contributed by atoms with E-state index in [9.17, 15) is 22.8 Å². The van der Waals surface area contributed by atoms with E-state index in [1.807, 2.05) is 11.8 Å². The summed E-state index contributed by atoms with van der Waals surface area (Å²) in [6.07, 6.45) is -1.50. The number of hydrogen-bond donors (Lipinski definition) is 1. The molecule has 142 valence electrons. The molecule has 2 amide bonds. The summed E-state index contributed by atoms with van der Waals surface area (Å²) < 4.78 is 37.6. The van der Waals surface area contributed by atoms with Gasteiger partial charge in [-0.1, -0.05) is 12.1 Å². The molecule has 1 N–H and O–H groups in total. The van der Waals surface area contributed by atoms with Gasteiger partial charge in [0.15, 0.2) is 0 Å². The SMILES string of the molecule is CCNC(=O)CN1CCN(C(=O)/C=C/c2ccc(C(F)(F)F)cc2)CC1. The lowest BCUT2D eigenvalue weighted by molar-refractivity contribution is -0.137. The van der Waals surface area contributed by atoms with Gasteiger partial charge in [0, 0.05) is 38.8 Å². The van der Waals surface area contributed by atoms with Crippen LogP contribution in [0.2, 0.25) is 0 Å². The van der Waals surface area contributed by atoms with Gasteiger partial charge in [0.2, 0.25) is 11.8 Å². The molecule has 5 nitrogen and oxygen atoms in total. The Morgan fingerprint density at radius 2 is 1.73 bits per heavy atom. The van der Waals surface area contributed by atoms with E-state index in [1.165, 1.54) is 24.3 Å². The van der Waals surface area contributed by atoms with Crippen LogP contribution >= 0.6 is 0 Å². The van der Waals surface area contributed by atoms with Crippen molar-refractivity contribution in [3.63, 3.8) is 0 Å². The summed E-state index contributed by atoms with van der Waals surface area (Å²) in [7, 11) is 0. The molecule has 1 saturated heterocycles. The Morgan fingerprint density at radius 3 is 2.27 bits per heavy atom. The van der Waals surface area contributed by atoms with Gasteiger partial charge in [0.1, 0.15) is 0 Å². The fourth-order valence-corrected chi connectivity index (χ4v) is 2.64. The van der Waals surface area contributed by atoms with E-state index < -0.39 is 11.7 Å². The zero-order valence-electron chi connectivity index (χ0n) is 14.6. The minimum atomic E-state index is -4.37. The third-order valence-electron chi connectivity index (χ3n) is 4.08. The van der Waals surface area contributed by atoms with E-state index in [0.29, 0.717) is 44.8 Å². The quantitative estimate of drug-likeness (QED) is 0.808. The zero-order chi connectivity index (χ0) is 19.2. The molecule has 0 unspecified atom stereocenters. The number of rotatable bonds is 5. The third kappa shape index (κ3) is 5.87. The Hall–Kier alpha value is -2.35. The Kier molecular flexibility index (Phi) is 6.79. The first-order valence-corrected chi connectivity index (χ1v) is 8.43. The molecule has 0 radical (unpaired) electrons. The maximum atomic E-state index is 12.5. The van der Waals surface area contributed by atoms with Crippen molar-refractivity contribution < 1.29 is 22.8 Å². The van der Waals surface area contributed by atoms with Gasteiger partial charge in [-0.15, -0.1) is 0 Å². The molecule has 0 aromatic heterocycles. The van der Waals surface area contributed by atoms with Gasteiger partial charge in [-0.3, -0.25) is 14.5 Å². The molecule has 0 aliphatic carbocycles. The summed E-state index contributed by atoms with van der Waals surface area (Å²) >= 11 is 0. The highest BCUT2D eigenvalue weighted by molar-refractivity contribution is 5.91. The van der Waals surface area contributed by atoms with E-state index in [-0.39, 0.29) is 11.8 Å². The molecule has 1 aliphatic rings. The van der Waals surface area contributed by atoms with Crippen LogP contribution in [0.5, 0.6) is 0 Å². The molecule has 2 rings (SSSR count). The van der Waals surface area contributed by atoms with Crippen molar-refractivity contribution in [3.8, 4) is 0 Å². The fourth-order valence-electron chi connectivity index (χ4n) is 2.64. The Labute approximate surface area is 150 Å². The highest BCUT2D eigenvalue weighted by Crippen LogP contribution is 2.29. The number of alkyl halides is 3. The van der Waals surface area contributed by atoms with Gasteiger partial charge in [-0.2, -0.15) is 13.2 Å². The van der Waals surface area contributed by atoms with Crippen LogP contribution in [0.1, 0.15) is 18.1 Å². The number of nitrogens with one attached hydrogen (secondary N) is 1. The van der Waals surface area contributed by atoms with Crippen molar-refractivity contribution in [3.05, 3.63) is 41.5 Å². The van der Waals surface area contributed by atoms with Crippen molar-refractivity contribution in [1.82, 2.24) is 15.1 Å². The molecule has 0 atom stereocenters. The van der Waals surface area contributed by atoms with E-state index in [1.54, 1.807) is 4.90 Å². The maximum Gasteiger partial charge on any atom is 0.416 e. The molecule has 1 fully saturated rings. The predicted octanol–water partition coefficient (Wildman–Crippen LogP) is 2.00. The molecule has 8 heteroatoms. The molecule has 26 heavy (non-hydrogen) atoms. The monoisotopic (exact) mass is 369 g/mol. The summed E-state index contributed by atoms with van der Waals surface area (Å²) in [5.74, 6) is -0.225. The van der Waals surface area contributed by atoms with Crippen molar-refractivity contribution in [2.24, 2.45) is 0 Å². The van der Waals surface area contributed by atoms with E-state index in [2.05, 4.69) is 5.32 Å². The molecule has 0 spiro atoms. The summed E-state index contributed by atoms with van der Waals surface area (Å²) in [6.45, 7) is 5.00. The second-order valence-corrected chi connectivity index (χ2v) is 6.01. The summed E-state index contributed by atoms with van der Waals surface area (Å²) in [4.78, 5) is 27.4. The fraction of sp³-hybridized carbons (Fsp3) is 0.444. The van der Waals surface area contributed by atoms with Gasteiger partial charge in [-0.05, 0) is 30.7 Å². The molecular formula is C18H22F3N3O2. The topological polar surface area (TPSA) is 52.7 Å². The summed E-state index contributed by atoms with van der Waals surface area (Å²) in [5.41, 5.74) is -0.189. The number of amides is 2. The van der Waals surface area contributed by atoms with Crippen molar-refractivity contribution >= 4 is 17.9 Å². The van der Waals surface area contributed by atoms with Crippen molar-refractivity contribution in [2.45, 2.75) is 13.1 Å². The Balaban J connectivity index is 1.83. The first-order valence-electron chi connectivity index (χ1n) is 8.43. The summed E-state index contributed by atoms with van der Waals surface area (Å²) in [5, 5.41) is 2.74. The van der Waals surface area contributed by atoms with Crippen LogP contribution in [0, 0.1) is 0 Å². The Bertz CT molecular complexity index is 649. The number of likely N-dealkylation sites (N-methyl/N-ethyl adjacent to an activating group) is 1. The number of benzene rings is 1. The standard InChI is InChI=1S/C18H22F3N3O2/c1-2-22-16(25)13-23-9-11-24(12-10-23)17(26)8-5-14-3-6-15(7-4-14)18(19,20)21/h3-8H,2,9-13H2,1H3,(H,22,25)/b8-5+.